The number of rotatable bonds is 3. The minimum Gasteiger partial charge on any atom is -0.476 e. The molecule has 0 saturated heterocycles. The molecule has 3 nitrogen and oxygen atoms in total. The Labute approximate surface area is 133 Å². The lowest BCUT2D eigenvalue weighted by molar-refractivity contribution is 0.0690. The number of pyridine rings is 1. The van der Waals surface area contributed by atoms with Gasteiger partial charge in [0.2, 0.25) is 0 Å². The van der Waals surface area contributed by atoms with E-state index in [1.54, 1.807) is 12.1 Å². The lowest BCUT2D eigenvalue weighted by Crippen LogP contribution is -2.10. The Balaban J connectivity index is 2.22. The Bertz CT molecular complexity index is 663. The molecule has 110 valence electrons. The van der Waals surface area contributed by atoms with Gasteiger partial charge in [0, 0.05) is 4.90 Å². The minimum absolute atomic E-state index is 0.109. The van der Waals surface area contributed by atoms with Crippen molar-refractivity contribution in [2.75, 3.05) is 0 Å². The van der Waals surface area contributed by atoms with E-state index in [0.717, 1.165) is 4.90 Å². The van der Waals surface area contributed by atoms with Gasteiger partial charge in [0.05, 0.1) is 5.02 Å². The maximum absolute atomic E-state index is 11.0. The first-order valence-corrected chi connectivity index (χ1v) is 7.65. The first kappa shape index (κ1) is 15.9. The van der Waals surface area contributed by atoms with E-state index in [-0.39, 0.29) is 16.1 Å². The quantitative estimate of drug-likeness (QED) is 0.875. The van der Waals surface area contributed by atoms with Gasteiger partial charge in [0.25, 0.3) is 0 Å². The molecule has 21 heavy (non-hydrogen) atoms. The van der Waals surface area contributed by atoms with E-state index >= 15 is 0 Å². The van der Waals surface area contributed by atoms with Crippen LogP contribution in [0.3, 0.4) is 0 Å². The van der Waals surface area contributed by atoms with E-state index in [9.17, 15) is 4.79 Å². The van der Waals surface area contributed by atoms with Gasteiger partial charge in [-0.3, -0.25) is 0 Å². The standard InChI is InChI=1S/C16H16ClNO2S/c1-16(2,3)10-4-6-11(7-5-10)21-13-9-8-12(17)14(18-13)15(19)20/h4-9H,1-3H3,(H,19,20). The summed E-state index contributed by atoms with van der Waals surface area (Å²) in [5.74, 6) is -1.12. The van der Waals surface area contributed by atoms with E-state index in [1.807, 2.05) is 12.1 Å². The molecular formula is C16H16ClNO2S. The number of halogens is 1. The Hall–Kier alpha value is -1.52. The van der Waals surface area contributed by atoms with Crippen molar-refractivity contribution in [2.45, 2.75) is 36.1 Å². The fourth-order valence-electron chi connectivity index (χ4n) is 1.77. The first-order chi connectivity index (χ1) is 9.77. The van der Waals surface area contributed by atoms with Crippen molar-refractivity contribution in [3.05, 3.63) is 52.7 Å². The number of nitrogens with zero attached hydrogens (tertiary/aromatic N) is 1. The van der Waals surface area contributed by atoms with Crippen LogP contribution in [0.5, 0.6) is 0 Å². The van der Waals surface area contributed by atoms with Crippen LogP contribution in [0.25, 0.3) is 0 Å². The van der Waals surface area contributed by atoms with Gasteiger partial charge in [0.1, 0.15) is 5.03 Å². The molecule has 0 bridgehead atoms. The van der Waals surface area contributed by atoms with Crippen molar-refractivity contribution < 1.29 is 9.90 Å². The molecule has 0 atom stereocenters. The zero-order valence-corrected chi connectivity index (χ0v) is 13.6. The lowest BCUT2D eigenvalue weighted by atomic mass is 9.87. The average molecular weight is 322 g/mol. The maximum atomic E-state index is 11.0. The molecule has 1 N–H and O–H groups in total. The molecule has 0 unspecified atom stereocenters. The Morgan fingerprint density at radius 2 is 1.76 bits per heavy atom. The molecular weight excluding hydrogens is 306 g/mol. The smallest absolute Gasteiger partial charge is 0.356 e. The summed E-state index contributed by atoms with van der Waals surface area (Å²) in [4.78, 5) is 16.1. The monoisotopic (exact) mass is 321 g/mol. The van der Waals surface area contributed by atoms with Crippen LogP contribution in [-0.2, 0) is 5.41 Å². The lowest BCUT2D eigenvalue weighted by Gasteiger charge is -2.19. The van der Waals surface area contributed by atoms with Gasteiger partial charge in [-0.15, -0.1) is 0 Å². The summed E-state index contributed by atoms with van der Waals surface area (Å²) < 4.78 is 0. The van der Waals surface area contributed by atoms with Gasteiger partial charge in [-0.2, -0.15) is 0 Å². The molecule has 0 spiro atoms. The number of carboxylic acid groups (broad SMARTS) is 1. The number of carbonyl (C=O) groups is 1. The highest BCUT2D eigenvalue weighted by Crippen LogP contribution is 2.30. The number of hydrogen-bond donors (Lipinski definition) is 1. The van der Waals surface area contributed by atoms with Crippen LogP contribution in [0.4, 0.5) is 0 Å². The van der Waals surface area contributed by atoms with Crippen molar-refractivity contribution in [1.29, 1.82) is 0 Å². The van der Waals surface area contributed by atoms with Crippen molar-refractivity contribution in [1.82, 2.24) is 4.98 Å². The first-order valence-electron chi connectivity index (χ1n) is 6.45. The van der Waals surface area contributed by atoms with E-state index in [2.05, 4.69) is 37.9 Å². The molecule has 0 amide bonds. The van der Waals surface area contributed by atoms with Crippen LogP contribution < -0.4 is 0 Å². The normalized spacial score (nSPS) is 11.4. The fourth-order valence-corrected chi connectivity index (χ4v) is 2.75. The van der Waals surface area contributed by atoms with Gasteiger partial charge >= 0.3 is 5.97 Å². The predicted octanol–water partition coefficient (Wildman–Crippen LogP) is 4.88. The summed E-state index contributed by atoms with van der Waals surface area (Å²) in [5, 5.41) is 9.79. The number of aromatic carboxylic acids is 1. The third-order valence-corrected chi connectivity index (χ3v) is 4.22. The van der Waals surface area contributed by atoms with Crippen molar-refractivity contribution in [2.24, 2.45) is 0 Å². The predicted molar refractivity (Wildman–Crippen MR) is 85.5 cm³/mol. The molecule has 1 aromatic carbocycles. The van der Waals surface area contributed by atoms with Crippen LogP contribution in [-0.4, -0.2) is 16.1 Å². The molecule has 2 aromatic rings. The number of carboxylic acids is 1. The molecule has 2 rings (SSSR count). The van der Waals surface area contributed by atoms with Crippen LogP contribution in [0, 0.1) is 0 Å². The van der Waals surface area contributed by atoms with Gasteiger partial charge in [0.15, 0.2) is 5.69 Å². The highest BCUT2D eigenvalue weighted by atomic mass is 35.5. The van der Waals surface area contributed by atoms with Gasteiger partial charge < -0.3 is 5.11 Å². The van der Waals surface area contributed by atoms with Gasteiger partial charge in [-0.05, 0) is 35.2 Å². The van der Waals surface area contributed by atoms with Gasteiger partial charge in [-0.1, -0.05) is 56.3 Å². The highest BCUT2D eigenvalue weighted by Gasteiger charge is 2.14. The summed E-state index contributed by atoms with van der Waals surface area (Å²) in [5.41, 5.74) is 1.24. The van der Waals surface area contributed by atoms with Crippen molar-refractivity contribution in [3.8, 4) is 0 Å². The number of aromatic nitrogens is 1. The highest BCUT2D eigenvalue weighted by molar-refractivity contribution is 7.99. The fraction of sp³-hybridized carbons (Fsp3) is 0.250. The van der Waals surface area contributed by atoms with Crippen molar-refractivity contribution in [3.63, 3.8) is 0 Å². The third kappa shape index (κ3) is 3.99. The summed E-state index contributed by atoms with van der Waals surface area (Å²) in [6.45, 7) is 6.49. The second kappa shape index (κ2) is 6.08. The Morgan fingerprint density at radius 1 is 1.14 bits per heavy atom. The topological polar surface area (TPSA) is 50.2 Å². The SMILES string of the molecule is CC(C)(C)c1ccc(Sc2ccc(Cl)c(C(=O)O)n2)cc1. The third-order valence-electron chi connectivity index (χ3n) is 2.97. The second-order valence-corrected chi connectivity index (χ2v) is 7.16. The van der Waals surface area contributed by atoms with Crippen LogP contribution in [0.2, 0.25) is 5.02 Å². The summed E-state index contributed by atoms with van der Waals surface area (Å²) in [6.07, 6.45) is 0. The van der Waals surface area contributed by atoms with E-state index in [1.165, 1.54) is 17.3 Å². The van der Waals surface area contributed by atoms with Crippen molar-refractivity contribution >= 4 is 29.3 Å². The minimum atomic E-state index is -1.12. The second-order valence-electron chi connectivity index (χ2n) is 5.66. The zero-order chi connectivity index (χ0) is 15.6. The average Bonchev–Trinajstić information content (AvgIpc) is 2.40. The molecule has 0 aliphatic heterocycles. The summed E-state index contributed by atoms with van der Waals surface area (Å²) >= 11 is 7.23. The van der Waals surface area contributed by atoms with E-state index in [4.69, 9.17) is 16.7 Å². The molecule has 0 aliphatic carbocycles. The number of hydrogen-bond acceptors (Lipinski definition) is 3. The van der Waals surface area contributed by atoms with Crippen LogP contribution in [0.15, 0.2) is 46.3 Å². The van der Waals surface area contributed by atoms with Crippen LogP contribution >= 0.6 is 23.4 Å². The molecule has 0 fully saturated rings. The Morgan fingerprint density at radius 3 is 2.29 bits per heavy atom. The van der Waals surface area contributed by atoms with Crippen LogP contribution in [0.1, 0.15) is 36.8 Å². The molecule has 0 aliphatic rings. The van der Waals surface area contributed by atoms with E-state index < -0.39 is 5.97 Å². The maximum Gasteiger partial charge on any atom is 0.356 e. The molecule has 0 radical (unpaired) electrons. The summed E-state index contributed by atoms with van der Waals surface area (Å²) in [6, 6.07) is 11.5. The number of benzene rings is 1. The summed E-state index contributed by atoms with van der Waals surface area (Å²) in [7, 11) is 0. The molecule has 1 aromatic heterocycles. The van der Waals surface area contributed by atoms with Gasteiger partial charge in [-0.25, -0.2) is 9.78 Å². The molecule has 5 heteroatoms. The van der Waals surface area contributed by atoms with E-state index in [0.29, 0.717) is 5.03 Å². The molecule has 0 saturated carbocycles. The zero-order valence-electron chi connectivity index (χ0n) is 12.1. The Kier molecular flexibility index (Phi) is 4.59. The molecule has 1 heterocycles. The largest absolute Gasteiger partial charge is 0.476 e.